The maximum Gasteiger partial charge on any atom is 0.573 e. The van der Waals surface area contributed by atoms with E-state index in [1.165, 1.54) is 33.3 Å². The van der Waals surface area contributed by atoms with E-state index in [4.69, 9.17) is 9.47 Å². The Kier molecular flexibility index (Phi) is 6.89. The highest BCUT2D eigenvalue weighted by atomic mass is 19.4. The molecule has 3 rings (SSSR count). The number of urea groups is 1. The standard InChI is InChI=1S/C22H22F3N3O6/c1-21(14-5-7-15(8-6-14)34-22(23,24)25)19(30)28(20(31)27-21)12-18(29)26-11-13-4-9-16(32-2)17(10-13)33-3/h4-10H,11-12H2,1-3H3,(H,26,29)(H,27,31). The first-order valence-corrected chi connectivity index (χ1v) is 9.95. The van der Waals surface area contributed by atoms with E-state index in [0.29, 0.717) is 17.1 Å². The minimum absolute atomic E-state index is 0.112. The first-order chi connectivity index (χ1) is 16.0. The van der Waals surface area contributed by atoms with Crippen molar-refractivity contribution in [3.05, 3.63) is 53.6 Å². The highest BCUT2D eigenvalue weighted by molar-refractivity contribution is 6.09. The van der Waals surface area contributed by atoms with E-state index in [2.05, 4.69) is 15.4 Å². The van der Waals surface area contributed by atoms with Crippen molar-refractivity contribution in [2.75, 3.05) is 20.8 Å². The molecule has 1 heterocycles. The van der Waals surface area contributed by atoms with E-state index in [9.17, 15) is 27.6 Å². The van der Waals surface area contributed by atoms with Crippen molar-refractivity contribution in [3.63, 3.8) is 0 Å². The average Bonchev–Trinajstić information content (AvgIpc) is 3.00. The second-order valence-corrected chi connectivity index (χ2v) is 7.48. The summed E-state index contributed by atoms with van der Waals surface area (Å²) >= 11 is 0. The number of halogens is 3. The lowest BCUT2D eigenvalue weighted by molar-refractivity contribution is -0.274. The molecule has 2 aromatic carbocycles. The molecule has 0 aromatic heterocycles. The maximum absolute atomic E-state index is 12.9. The molecule has 12 heteroatoms. The Balaban J connectivity index is 1.64. The fraction of sp³-hybridized carbons (Fsp3) is 0.318. The van der Waals surface area contributed by atoms with Crippen LogP contribution in [0.1, 0.15) is 18.1 Å². The Hall–Kier alpha value is -3.96. The molecule has 4 amide bonds. The van der Waals surface area contributed by atoms with Gasteiger partial charge in [0.15, 0.2) is 11.5 Å². The first kappa shape index (κ1) is 24.7. The zero-order chi connectivity index (χ0) is 25.1. The number of amides is 4. The third kappa shape index (κ3) is 5.33. The van der Waals surface area contributed by atoms with Gasteiger partial charge in [0.05, 0.1) is 14.2 Å². The van der Waals surface area contributed by atoms with Crippen molar-refractivity contribution in [2.24, 2.45) is 0 Å². The second-order valence-electron chi connectivity index (χ2n) is 7.48. The molecule has 1 atom stereocenters. The number of rotatable bonds is 8. The molecule has 9 nitrogen and oxygen atoms in total. The van der Waals surface area contributed by atoms with E-state index < -0.39 is 42.0 Å². The topological polar surface area (TPSA) is 106 Å². The Bertz CT molecular complexity index is 1090. The normalized spacial score (nSPS) is 17.9. The van der Waals surface area contributed by atoms with Gasteiger partial charge in [0.25, 0.3) is 5.91 Å². The Morgan fingerprint density at radius 2 is 1.71 bits per heavy atom. The van der Waals surface area contributed by atoms with Gasteiger partial charge in [-0.05, 0) is 42.3 Å². The zero-order valence-electron chi connectivity index (χ0n) is 18.5. The number of hydrogen-bond acceptors (Lipinski definition) is 6. The molecule has 0 bridgehead atoms. The molecule has 1 unspecified atom stereocenters. The lowest BCUT2D eigenvalue weighted by Crippen LogP contribution is -2.43. The van der Waals surface area contributed by atoms with Gasteiger partial charge in [-0.3, -0.25) is 14.5 Å². The minimum Gasteiger partial charge on any atom is -0.493 e. The molecule has 0 spiro atoms. The van der Waals surface area contributed by atoms with Crippen LogP contribution in [0.3, 0.4) is 0 Å². The van der Waals surface area contributed by atoms with Crippen molar-refractivity contribution in [2.45, 2.75) is 25.4 Å². The van der Waals surface area contributed by atoms with Gasteiger partial charge in [-0.15, -0.1) is 13.2 Å². The van der Waals surface area contributed by atoms with Gasteiger partial charge in [0.1, 0.15) is 17.8 Å². The molecule has 0 radical (unpaired) electrons. The quantitative estimate of drug-likeness (QED) is 0.562. The molecule has 1 fully saturated rings. The smallest absolute Gasteiger partial charge is 0.493 e. The van der Waals surface area contributed by atoms with E-state index >= 15 is 0 Å². The Morgan fingerprint density at radius 3 is 2.29 bits per heavy atom. The number of hydrogen-bond donors (Lipinski definition) is 2. The number of alkyl halides is 3. The molecule has 1 aliphatic rings. The van der Waals surface area contributed by atoms with E-state index in [-0.39, 0.29) is 12.1 Å². The predicted molar refractivity (Wildman–Crippen MR) is 112 cm³/mol. The molecule has 34 heavy (non-hydrogen) atoms. The summed E-state index contributed by atoms with van der Waals surface area (Å²) < 4.78 is 51.3. The average molecular weight is 481 g/mol. The molecule has 2 aromatic rings. The number of benzene rings is 2. The van der Waals surface area contributed by atoms with Gasteiger partial charge in [-0.1, -0.05) is 18.2 Å². The second kappa shape index (κ2) is 9.49. The van der Waals surface area contributed by atoms with Crippen LogP contribution in [-0.4, -0.2) is 49.9 Å². The summed E-state index contributed by atoms with van der Waals surface area (Å²) in [5.74, 6) is -0.775. The third-order valence-corrected chi connectivity index (χ3v) is 5.18. The number of ether oxygens (including phenoxy) is 3. The summed E-state index contributed by atoms with van der Waals surface area (Å²) in [6, 6.07) is 8.81. The summed E-state index contributed by atoms with van der Waals surface area (Å²) in [7, 11) is 2.97. The Labute approximate surface area is 192 Å². The highest BCUT2D eigenvalue weighted by Crippen LogP contribution is 2.31. The summed E-state index contributed by atoms with van der Waals surface area (Å²) in [6.07, 6.45) is -4.86. The van der Waals surface area contributed by atoms with Crippen molar-refractivity contribution in [3.8, 4) is 17.2 Å². The number of carbonyl (C=O) groups is 3. The van der Waals surface area contributed by atoms with Crippen molar-refractivity contribution in [1.29, 1.82) is 0 Å². The summed E-state index contributed by atoms with van der Waals surface area (Å²) in [6.45, 7) is 0.970. The van der Waals surface area contributed by atoms with Gasteiger partial charge < -0.3 is 24.8 Å². The van der Waals surface area contributed by atoms with Gasteiger partial charge in [-0.2, -0.15) is 0 Å². The third-order valence-electron chi connectivity index (χ3n) is 5.18. The van der Waals surface area contributed by atoms with Crippen LogP contribution in [0.15, 0.2) is 42.5 Å². The molecular weight excluding hydrogens is 459 g/mol. The van der Waals surface area contributed by atoms with Crippen LogP contribution in [0.25, 0.3) is 0 Å². The monoisotopic (exact) mass is 481 g/mol. The van der Waals surface area contributed by atoms with Crippen LogP contribution in [0.5, 0.6) is 17.2 Å². The number of methoxy groups -OCH3 is 2. The van der Waals surface area contributed by atoms with E-state index in [1.807, 2.05) is 0 Å². The van der Waals surface area contributed by atoms with E-state index in [1.54, 1.807) is 18.2 Å². The molecule has 2 N–H and O–H groups in total. The number of nitrogens with one attached hydrogen (secondary N) is 2. The van der Waals surface area contributed by atoms with Gasteiger partial charge in [0.2, 0.25) is 5.91 Å². The summed E-state index contributed by atoms with van der Waals surface area (Å²) in [5, 5.41) is 5.10. The van der Waals surface area contributed by atoms with Gasteiger partial charge in [0, 0.05) is 6.54 Å². The van der Waals surface area contributed by atoms with Crippen LogP contribution in [0.4, 0.5) is 18.0 Å². The fourth-order valence-corrected chi connectivity index (χ4v) is 3.42. The minimum atomic E-state index is -4.86. The molecular formula is C22H22F3N3O6. The Morgan fingerprint density at radius 1 is 1.06 bits per heavy atom. The van der Waals surface area contributed by atoms with Gasteiger partial charge >= 0.3 is 12.4 Å². The molecule has 0 aliphatic carbocycles. The predicted octanol–water partition coefficient (Wildman–Crippen LogP) is 2.69. The fourth-order valence-electron chi connectivity index (χ4n) is 3.42. The molecule has 0 saturated carbocycles. The first-order valence-electron chi connectivity index (χ1n) is 9.95. The van der Waals surface area contributed by atoms with Crippen LogP contribution in [0.2, 0.25) is 0 Å². The maximum atomic E-state index is 12.9. The number of nitrogens with zero attached hydrogens (tertiary/aromatic N) is 1. The van der Waals surface area contributed by atoms with Crippen LogP contribution in [-0.2, 0) is 21.7 Å². The van der Waals surface area contributed by atoms with Crippen molar-refractivity contribution in [1.82, 2.24) is 15.5 Å². The van der Waals surface area contributed by atoms with Gasteiger partial charge in [-0.25, -0.2) is 4.79 Å². The van der Waals surface area contributed by atoms with Crippen LogP contribution < -0.4 is 24.8 Å². The van der Waals surface area contributed by atoms with Crippen molar-refractivity contribution >= 4 is 17.8 Å². The number of imide groups is 1. The largest absolute Gasteiger partial charge is 0.573 e. The molecule has 182 valence electrons. The SMILES string of the molecule is COc1ccc(CNC(=O)CN2C(=O)NC(C)(c3ccc(OC(F)(F)F)cc3)C2=O)cc1OC. The molecule has 1 saturated heterocycles. The van der Waals surface area contributed by atoms with E-state index in [0.717, 1.165) is 17.0 Å². The summed E-state index contributed by atoms with van der Waals surface area (Å²) in [4.78, 5) is 38.5. The lowest BCUT2D eigenvalue weighted by atomic mass is 9.92. The lowest BCUT2D eigenvalue weighted by Gasteiger charge is -2.22. The highest BCUT2D eigenvalue weighted by Gasteiger charge is 2.49. The number of carbonyl (C=O) groups excluding carboxylic acids is 3. The van der Waals surface area contributed by atoms with Crippen LogP contribution >= 0.6 is 0 Å². The molecule has 1 aliphatic heterocycles. The zero-order valence-corrected chi connectivity index (χ0v) is 18.5. The summed E-state index contributed by atoms with van der Waals surface area (Å²) in [5.41, 5.74) is -0.625. The van der Waals surface area contributed by atoms with Crippen LogP contribution in [0, 0.1) is 0 Å². The van der Waals surface area contributed by atoms with Crippen molar-refractivity contribution < 1.29 is 41.8 Å².